The Bertz CT molecular complexity index is 1030. The van der Waals surface area contributed by atoms with E-state index in [-0.39, 0.29) is 0 Å². The van der Waals surface area contributed by atoms with Crippen LogP contribution in [0.5, 0.6) is 0 Å². The zero-order valence-electron chi connectivity index (χ0n) is 19.9. The van der Waals surface area contributed by atoms with Gasteiger partial charge in [0, 0.05) is 0 Å². The second-order valence-electron chi connectivity index (χ2n) is 9.16. The molecule has 0 bridgehead atoms. The van der Waals surface area contributed by atoms with Crippen LogP contribution in [0.25, 0.3) is 11.1 Å². The maximum atomic E-state index is 12.5. The molecule has 0 aromatic heterocycles. The number of unbranched alkanes of at least 4 members (excludes halogenated alkanes) is 1. The number of hydrogen-bond donors (Lipinski definition) is 2. The molecule has 2 aliphatic rings. The summed E-state index contributed by atoms with van der Waals surface area (Å²) in [5, 5.41) is 10.3. The van der Waals surface area contributed by atoms with Crippen molar-refractivity contribution in [2.75, 3.05) is 26.7 Å². The Labute approximate surface area is 213 Å². The van der Waals surface area contributed by atoms with Crippen molar-refractivity contribution >= 4 is 51.8 Å². The second kappa shape index (κ2) is 10.4. The van der Waals surface area contributed by atoms with Crippen molar-refractivity contribution in [2.45, 2.75) is 65.5 Å². The maximum absolute atomic E-state index is 12.5. The van der Waals surface area contributed by atoms with Crippen molar-refractivity contribution in [3.8, 4) is 11.1 Å². The number of alkyl halides is 1. The van der Waals surface area contributed by atoms with Gasteiger partial charge in [0.2, 0.25) is 0 Å². The van der Waals surface area contributed by atoms with Gasteiger partial charge in [-0.25, -0.2) is 0 Å². The van der Waals surface area contributed by atoms with Gasteiger partial charge in [-0.15, -0.1) is 0 Å². The summed E-state index contributed by atoms with van der Waals surface area (Å²) >= 11 is 4.02. The number of benzene rings is 2. The number of carboxylic acids is 1. The van der Waals surface area contributed by atoms with E-state index < -0.39 is 33.7 Å². The topological polar surface area (TPSA) is 53.0 Å². The fraction of sp³-hybridized carbons (Fsp3) is 0.500. The van der Waals surface area contributed by atoms with Gasteiger partial charge in [0.05, 0.1) is 0 Å². The van der Waals surface area contributed by atoms with Crippen molar-refractivity contribution in [3.05, 3.63) is 46.5 Å². The number of halogens is 1. The summed E-state index contributed by atoms with van der Waals surface area (Å²) in [6.07, 6.45) is 3.57. The zero-order valence-corrected chi connectivity index (χ0v) is 23.2. The van der Waals surface area contributed by atoms with Crippen LogP contribution in [-0.4, -0.2) is 34.6 Å². The van der Waals surface area contributed by atoms with Crippen LogP contribution in [0.1, 0.15) is 61.0 Å². The van der Waals surface area contributed by atoms with Gasteiger partial charge in [-0.05, 0) is 0 Å². The predicted molar refractivity (Wildman–Crippen MR) is 149 cm³/mol. The van der Waals surface area contributed by atoms with Crippen molar-refractivity contribution in [1.29, 1.82) is 0 Å². The molecule has 7 heteroatoms. The normalized spacial score (nSPS) is 18.4. The number of aryl methyl sites for hydroxylation is 1. The van der Waals surface area contributed by atoms with E-state index >= 15 is 0 Å². The number of rotatable bonds is 8. The summed E-state index contributed by atoms with van der Waals surface area (Å²) in [6, 6.07) is 8.88. The number of nitrogens with zero attached hydrogens (tertiary/aromatic N) is 2. The number of fused-ring (bicyclic) bond motifs is 3. The number of carbonyl (C=O) groups is 1. The van der Waals surface area contributed by atoms with E-state index in [1.807, 2.05) is 4.31 Å². The van der Waals surface area contributed by atoms with Crippen LogP contribution in [-0.2, 0) is 7.86 Å². The molecular weight excluding hydrogens is 547 g/mol. The Morgan fingerprint density at radius 2 is 1.94 bits per heavy atom. The quantitative estimate of drug-likeness (QED) is 0.162. The molecule has 0 unspecified atom stereocenters. The van der Waals surface area contributed by atoms with Crippen LogP contribution in [0.4, 0.5) is 11.4 Å². The molecule has 1 N–H and O–H groups in total. The van der Waals surface area contributed by atoms with Crippen molar-refractivity contribution in [1.82, 2.24) is 0 Å². The van der Waals surface area contributed by atoms with Gasteiger partial charge in [0.1, 0.15) is 0 Å². The molecule has 0 radical (unpaired) electrons. The summed E-state index contributed by atoms with van der Waals surface area (Å²) in [6.45, 7) is 10.3. The first-order chi connectivity index (χ1) is 15.8. The van der Waals surface area contributed by atoms with Crippen LogP contribution in [0, 0.1) is 20.8 Å². The minimum atomic E-state index is -0.956. The van der Waals surface area contributed by atoms with Gasteiger partial charge >= 0.3 is 215 Å². The Morgan fingerprint density at radius 1 is 1.21 bits per heavy atom. The summed E-state index contributed by atoms with van der Waals surface area (Å²) in [4.78, 5) is 15.1. The number of thiol groups is 1. The Morgan fingerprint density at radius 3 is 2.61 bits per heavy atom. The van der Waals surface area contributed by atoms with Crippen molar-refractivity contribution < 1.29 is 13.0 Å². The molecule has 1 saturated heterocycles. The van der Waals surface area contributed by atoms with Crippen molar-refractivity contribution in [2.24, 2.45) is 0 Å². The predicted octanol–water partition coefficient (Wildman–Crippen LogP) is 6.47. The Balaban J connectivity index is 1.94. The zero-order chi connectivity index (χ0) is 23.7. The number of aliphatic carboxylic acids is 1. The van der Waals surface area contributed by atoms with Gasteiger partial charge in [-0.1, -0.05) is 0 Å². The SMILES string of the molecule is CCCC[IH]O[C@H](C(=O)O)c1c(C)c2c(c(C)c1-c1ccc(C)cc1)N1CCC[C@H]1CN2S. The van der Waals surface area contributed by atoms with Gasteiger partial charge in [-0.3, -0.25) is 0 Å². The third kappa shape index (κ3) is 4.73. The molecule has 1 fully saturated rings. The van der Waals surface area contributed by atoms with Gasteiger partial charge < -0.3 is 0 Å². The Kier molecular flexibility index (Phi) is 7.80. The van der Waals surface area contributed by atoms with Crippen LogP contribution in [0.2, 0.25) is 0 Å². The molecule has 0 spiro atoms. The number of anilines is 2. The molecule has 0 saturated carbocycles. The first-order valence-corrected chi connectivity index (χ1v) is 14.8. The van der Waals surface area contributed by atoms with Crippen LogP contribution in [0.15, 0.2) is 24.3 Å². The third-order valence-electron chi connectivity index (χ3n) is 6.86. The first-order valence-electron chi connectivity index (χ1n) is 11.8. The summed E-state index contributed by atoms with van der Waals surface area (Å²) < 4.78 is 9.23. The average Bonchev–Trinajstić information content (AvgIpc) is 3.24. The average molecular weight is 583 g/mol. The standard InChI is InChI=1S/C26H35IN2O3S/c1-5-6-13-27-32-25(26(30)31)22-18(4)24-23(28-14-7-8-20(28)15-29(24)33)17(3)21(22)19-11-9-16(2)10-12-19/h9-12,20,25,27,33H,5-8,13-15H2,1-4H3,(H,30,31)/t20-,25-/m0/s1. The molecule has 2 aromatic carbocycles. The monoisotopic (exact) mass is 582 g/mol. The molecule has 0 amide bonds. The van der Waals surface area contributed by atoms with E-state index in [0.717, 1.165) is 63.9 Å². The minimum absolute atomic E-state index is 0.456. The molecule has 33 heavy (non-hydrogen) atoms. The first kappa shape index (κ1) is 24.7. The molecule has 0 aliphatic carbocycles. The molecule has 2 aliphatic heterocycles. The fourth-order valence-electron chi connectivity index (χ4n) is 5.22. The molecular formula is C26H35IN2O3S. The van der Waals surface area contributed by atoms with Gasteiger partial charge in [0.25, 0.3) is 0 Å². The third-order valence-corrected chi connectivity index (χ3v) is 9.46. The van der Waals surface area contributed by atoms with E-state index in [9.17, 15) is 9.90 Å². The molecule has 5 nitrogen and oxygen atoms in total. The Hall–Kier alpha value is -1.45. The summed E-state index contributed by atoms with van der Waals surface area (Å²) in [5.74, 6) is -0.909. The van der Waals surface area contributed by atoms with E-state index in [1.165, 1.54) is 24.1 Å². The van der Waals surface area contributed by atoms with Crippen LogP contribution < -0.4 is 9.21 Å². The molecule has 2 aromatic rings. The van der Waals surface area contributed by atoms with Gasteiger partial charge in [-0.2, -0.15) is 0 Å². The van der Waals surface area contributed by atoms with E-state index in [1.54, 1.807) is 0 Å². The summed E-state index contributed by atoms with van der Waals surface area (Å²) in [5.41, 5.74) is 8.40. The second-order valence-corrected chi connectivity index (χ2v) is 12.0. The summed E-state index contributed by atoms with van der Waals surface area (Å²) in [7, 11) is 0. The molecule has 4 rings (SSSR count). The molecule has 2 atom stereocenters. The van der Waals surface area contributed by atoms with Gasteiger partial charge in [0.15, 0.2) is 0 Å². The van der Waals surface area contributed by atoms with E-state index in [0.29, 0.717) is 6.04 Å². The molecule has 2 heterocycles. The van der Waals surface area contributed by atoms with Crippen LogP contribution >= 0.6 is 34.4 Å². The molecule has 180 valence electrons. The van der Waals surface area contributed by atoms with E-state index in [4.69, 9.17) is 15.9 Å². The number of hydrogen-bond acceptors (Lipinski definition) is 5. The number of carboxylic acid groups (broad SMARTS) is 1. The van der Waals surface area contributed by atoms with Crippen LogP contribution in [0.3, 0.4) is 0 Å². The van der Waals surface area contributed by atoms with Crippen molar-refractivity contribution in [3.63, 3.8) is 0 Å². The van der Waals surface area contributed by atoms with E-state index in [2.05, 4.69) is 56.9 Å². The fourth-order valence-corrected chi connectivity index (χ4v) is 7.99.